The van der Waals surface area contributed by atoms with E-state index in [1.807, 2.05) is 0 Å². The third-order valence-corrected chi connectivity index (χ3v) is 9.33. The van der Waals surface area contributed by atoms with Crippen LogP contribution >= 0.6 is 11.6 Å². The largest absolute Gasteiger partial charge is 0.465 e. The Balaban J connectivity index is 1.41. The van der Waals surface area contributed by atoms with Crippen LogP contribution in [-0.2, 0) is 16.3 Å². The van der Waals surface area contributed by atoms with Crippen molar-refractivity contribution in [3.8, 4) is 0 Å². The number of likely N-dealkylation sites (tertiary alicyclic amines) is 1. The second-order valence-electron chi connectivity index (χ2n) is 10.3. The number of benzene rings is 3. The van der Waals surface area contributed by atoms with E-state index in [2.05, 4.69) is 0 Å². The van der Waals surface area contributed by atoms with E-state index in [-0.39, 0.29) is 22.2 Å². The maximum atomic E-state index is 13.2. The summed E-state index contributed by atoms with van der Waals surface area (Å²) in [5.41, 5.74) is 1.62. The van der Waals surface area contributed by atoms with Crippen LogP contribution in [0.3, 0.4) is 0 Å². The fourth-order valence-electron chi connectivity index (χ4n) is 4.87. The van der Waals surface area contributed by atoms with Gasteiger partial charge in [-0.1, -0.05) is 35.9 Å². The van der Waals surface area contributed by atoms with Gasteiger partial charge in [0.15, 0.2) is 0 Å². The Morgan fingerprint density at radius 3 is 2.15 bits per heavy atom. The number of carboxylic acid groups (broad SMARTS) is 1. The molecule has 9 nitrogen and oxygen atoms in total. The zero-order chi connectivity index (χ0) is 29.7. The van der Waals surface area contributed by atoms with Crippen LogP contribution in [0.4, 0.5) is 4.79 Å². The first-order chi connectivity index (χ1) is 19.5. The van der Waals surface area contributed by atoms with Gasteiger partial charge in [0.1, 0.15) is 0 Å². The van der Waals surface area contributed by atoms with Crippen molar-refractivity contribution < 1.29 is 33.3 Å². The second-order valence-corrected chi connectivity index (χ2v) is 12.6. The predicted octanol–water partition coefficient (Wildman–Crippen LogP) is 4.41. The lowest BCUT2D eigenvalue weighted by atomic mass is 10.0. The fraction of sp³-hybridized carbons (Fsp3) is 0.333. The molecule has 2 atom stereocenters. The summed E-state index contributed by atoms with van der Waals surface area (Å²) in [6.07, 6.45) is -1.30. The fourth-order valence-corrected chi connectivity index (χ4v) is 6.33. The van der Waals surface area contributed by atoms with Gasteiger partial charge in [-0.2, -0.15) is 0 Å². The van der Waals surface area contributed by atoms with Gasteiger partial charge >= 0.3 is 6.09 Å². The molecule has 0 saturated carbocycles. The summed E-state index contributed by atoms with van der Waals surface area (Å²) in [5.74, 6) is -0.199. The highest BCUT2D eigenvalue weighted by atomic mass is 35.5. The summed E-state index contributed by atoms with van der Waals surface area (Å²) < 4.78 is 26.4. The lowest BCUT2D eigenvalue weighted by molar-refractivity contribution is 0.0546. The Morgan fingerprint density at radius 1 is 1.00 bits per heavy atom. The maximum absolute atomic E-state index is 13.2. The normalized spacial score (nSPS) is 15.8. The molecular formula is C30H33ClN2O7S. The van der Waals surface area contributed by atoms with Crippen molar-refractivity contribution in [2.24, 2.45) is 0 Å². The van der Waals surface area contributed by atoms with Crippen molar-refractivity contribution in [1.82, 2.24) is 9.80 Å². The first kappa shape index (κ1) is 30.5. The van der Waals surface area contributed by atoms with E-state index in [0.29, 0.717) is 48.5 Å². The number of rotatable bonds is 9. The monoisotopic (exact) mass is 600 g/mol. The van der Waals surface area contributed by atoms with Crippen LogP contribution in [0.5, 0.6) is 0 Å². The third kappa shape index (κ3) is 7.45. The number of halogens is 1. The highest BCUT2D eigenvalue weighted by Gasteiger charge is 2.25. The highest BCUT2D eigenvalue weighted by molar-refractivity contribution is 7.91. The molecule has 0 bridgehead atoms. The first-order valence-corrected chi connectivity index (χ1v) is 15.2. The zero-order valence-electron chi connectivity index (χ0n) is 22.6. The minimum absolute atomic E-state index is 0.0521. The van der Waals surface area contributed by atoms with Gasteiger partial charge in [-0.15, -0.1) is 0 Å². The van der Waals surface area contributed by atoms with Crippen molar-refractivity contribution in [2.45, 2.75) is 54.2 Å². The number of sulfone groups is 1. The molecule has 3 aromatic rings. The van der Waals surface area contributed by atoms with E-state index < -0.39 is 34.2 Å². The Bertz CT molecular complexity index is 1470. The van der Waals surface area contributed by atoms with E-state index in [1.54, 1.807) is 48.2 Å². The summed E-state index contributed by atoms with van der Waals surface area (Å²) in [6.45, 7) is 2.48. The molecule has 0 aliphatic carbocycles. The van der Waals surface area contributed by atoms with Crippen LogP contribution < -0.4 is 0 Å². The molecule has 0 spiro atoms. The first-order valence-electron chi connectivity index (χ1n) is 13.3. The number of aliphatic hydroxyl groups is 2. The molecule has 0 radical (unpaired) electrons. The molecule has 4 rings (SSSR count). The summed E-state index contributed by atoms with van der Waals surface area (Å²) >= 11 is 5.99. The summed E-state index contributed by atoms with van der Waals surface area (Å²) in [4.78, 5) is 27.6. The van der Waals surface area contributed by atoms with E-state index in [4.69, 9.17) is 11.6 Å². The zero-order valence-corrected chi connectivity index (χ0v) is 24.1. The lowest BCUT2D eigenvalue weighted by Gasteiger charge is -2.29. The molecule has 1 aliphatic heterocycles. The Labute approximate surface area is 244 Å². The molecule has 0 aromatic heterocycles. The van der Waals surface area contributed by atoms with Gasteiger partial charge in [0.2, 0.25) is 9.84 Å². The summed E-state index contributed by atoms with van der Waals surface area (Å²) in [6, 6.07) is 18.1. The highest BCUT2D eigenvalue weighted by Crippen LogP contribution is 2.24. The number of hydrogen-bond donors (Lipinski definition) is 3. The van der Waals surface area contributed by atoms with Crippen molar-refractivity contribution >= 4 is 33.4 Å². The third-order valence-electron chi connectivity index (χ3n) is 7.31. The van der Waals surface area contributed by atoms with Crippen LogP contribution in [0.2, 0.25) is 5.02 Å². The predicted molar refractivity (Wildman–Crippen MR) is 154 cm³/mol. The van der Waals surface area contributed by atoms with E-state index in [0.717, 1.165) is 10.5 Å². The number of carbonyl (C=O) groups excluding carboxylic acids is 1. The van der Waals surface area contributed by atoms with Gasteiger partial charge in [0.05, 0.1) is 28.5 Å². The quantitative estimate of drug-likeness (QED) is 0.331. The van der Waals surface area contributed by atoms with Crippen LogP contribution in [0.15, 0.2) is 82.6 Å². The molecule has 41 heavy (non-hydrogen) atoms. The Morgan fingerprint density at radius 2 is 1.59 bits per heavy atom. The van der Waals surface area contributed by atoms with Crippen LogP contribution in [0.1, 0.15) is 47.4 Å². The minimum Gasteiger partial charge on any atom is -0.465 e. The van der Waals surface area contributed by atoms with Crippen LogP contribution in [0, 0.1) is 0 Å². The van der Waals surface area contributed by atoms with E-state index in [1.165, 1.54) is 36.4 Å². The molecule has 2 amide bonds. The lowest BCUT2D eigenvalue weighted by Crippen LogP contribution is -2.41. The molecule has 1 heterocycles. The number of aliphatic hydroxyl groups excluding tert-OH is 2. The Hall–Kier alpha value is -3.44. The standard InChI is InChI=1S/C30H33ClN2O7S/c1-20(33(30(37)38)19-28(35)23-3-2-4-24(31)18-23)17-21-5-9-26(10-6-21)41(39,40)27-11-7-22(8-12-27)29(36)32-15-13-25(34)14-16-32/h2-12,18,20,25,28,34-35H,13-17,19H2,1H3,(H,37,38)/t20-,28+/m1/s1. The summed E-state index contributed by atoms with van der Waals surface area (Å²) in [5, 5.41) is 30.4. The van der Waals surface area contributed by atoms with Gasteiger partial charge in [-0.3, -0.25) is 4.79 Å². The van der Waals surface area contributed by atoms with Crippen molar-refractivity contribution in [2.75, 3.05) is 19.6 Å². The van der Waals surface area contributed by atoms with Gasteiger partial charge in [-0.25, -0.2) is 13.2 Å². The molecule has 1 saturated heterocycles. The number of hydrogen-bond acceptors (Lipinski definition) is 6. The SMILES string of the molecule is C[C@H](Cc1ccc(S(=O)(=O)c2ccc(C(=O)N3CCC(O)CC3)cc2)cc1)N(C[C@H](O)c1cccc(Cl)c1)C(=O)O. The van der Waals surface area contributed by atoms with Gasteiger partial charge < -0.3 is 25.1 Å². The number of piperidine rings is 1. The minimum atomic E-state index is -3.85. The molecule has 218 valence electrons. The molecule has 11 heteroatoms. The van der Waals surface area contributed by atoms with Gasteiger partial charge in [0, 0.05) is 29.7 Å². The topological polar surface area (TPSA) is 135 Å². The molecule has 1 fully saturated rings. The Kier molecular flexibility index (Phi) is 9.70. The molecule has 1 aliphatic rings. The number of nitrogens with zero attached hydrogens (tertiary/aromatic N) is 2. The van der Waals surface area contributed by atoms with Crippen molar-refractivity contribution in [3.63, 3.8) is 0 Å². The van der Waals surface area contributed by atoms with Crippen molar-refractivity contribution in [1.29, 1.82) is 0 Å². The smallest absolute Gasteiger partial charge is 0.407 e. The van der Waals surface area contributed by atoms with Crippen molar-refractivity contribution in [3.05, 3.63) is 94.5 Å². The molecular weight excluding hydrogens is 568 g/mol. The van der Waals surface area contributed by atoms with Gasteiger partial charge in [-0.05, 0) is 85.8 Å². The van der Waals surface area contributed by atoms with Crippen LogP contribution in [0.25, 0.3) is 0 Å². The average molecular weight is 601 g/mol. The molecule has 0 unspecified atom stereocenters. The maximum Gasteiger partial charge on any atom is 0.407 e. The van der Waals surface area contributed by atoms with Gasteiger partial charge in [0.25, 0.3) is 5.91 Å². The summed E-state index contributed by atoms with van der Waals surface area (Å²) in [7, 11) is -3.85. The number of amides is 2. The second kappa shape index (κ2) is 13.0. The van der Waals surface area contributed by atoms with E-state index >= 15 is 0 Å². The molecule has 3 N–H and O–H groups in total. The average Bonchev–Trinajstić information content (AvgIpc) is 2.96. The van der Waals surface area contributed by atoms with E-state index in [9.17, 15) is 33.3 Å². The number of carbonyl (C=O) groups is 2. The van der Waals surface area contributed by atoms with Crippen LogP contribution in [-0.4, -0.2) is 77.3 Å². The molecule has 3 aromatic carbocycles.